The fraction of sp³-hybridized carbons (Fsp3) is 0.556. The van der Waals surface area contributed by atoms with Crippen molar-refractivity contribution < 1.29 is 0 Å². The summed E-state index contributed by atoms with van der Waals surface area (Å²) in [5.41, 5.74) is 0. The highest BCUT2D eigenvalue weighted by Crippen LogP contribution is 2.16. The molecule has 3 heteroatoms. The van der Waals surface area contributed by atoms with Crippen molar-refractivity contribution in [2.24, 2.45) is 5.92 Å². The van der Waals surface area contributed by atoms with Gasteiger partial charge in [-0.15, -0.1) is 11.3 Å². The molecule has 0 saturated heterocycles. The van der Waals surface area contributed by atoms with E-state index in [1.165, 1.54) is 0 Å². The van der Waals surface area contributed by atoms with Gasteiger partial charge in [-0.1, -0.05) is 13.8 Å². The number of hydrogen-bond acceptors (Lipinski definition) is 3. The van der Waals surface area contributed by atoms with E-state index in [4.69, 9.17) is 5.26 Å². The van der Waals surface area contributed by atoms with Crippen LogP contribution in [0.4, 0.5) is 0 Å². The summed E-state index contributed by atoms with van der Waals surface area (Å²) < 4.78 is 0. The summed E-state index contributed by atoms with van der Waals surface area (Å²) in [4.78, 5) is 5.32. The minimum absolute atomic E-state index is 0.496. The van der Waals surface area contributed by atoms with Crippen molar-refractivity contribution in [3.8, 4) is 6.07 Å². The summed E-state index contributed by atoms with van der Waals surface area (Å²) in [6, 6.07) is 2.12. The Morgan fingerprint density at radius 1 is 1.67 bits per heavy atom. The predicted molar refractivity (Wildman–Crippen MR) is 50.0 cm³/mol. The number of aromatic nitrogens is 1. The number of nitriles is 1. The Bertz CT molecular complexity index is 283. The quantitative estimate of drug-likeness (QED) is 0.716. The van der Waals surface area contributed by atoms with E-state index in [1.54, 1.807) is 11.3 Å². The summed E-state index contributed by atoms with van der Waals surface area (Å²) in [6.07, 6.45) is 3.33. The monoisotopic (exact) mass is 180 g/mol. The van der Waals surface area contributed by atoms with Gasteiger partial charge in [0.05, 0.1) is 17.5 Å². The van der Waals surface area contributed by atoms with Crippen molar-refractivity contribution in [2.75, 3.05) is 0 Å². The van der Waals surface area contributed by atoms with Crippen LogP contribution in [-0.4, -0.2) is 4.98 Å². The number of hydrogen-bond donors (Lipinski definition) is 0. The van der Waals surface area contributed by atoms with E-state index in [0.717, 1.165) is 16.3 Å². The van der Waals surface area contributed by atoms with Gasteiger partial charge in [-0.25, -0.2) is 4.98 Å². The Hall–Kier alpha value is -0.880. The molecule has 1 rings (SSSR count). The molecule has 0 bridgehead atoms. The average molecular weight is 180 g/mol. The molecule has 0 aliphatic rings. The Morgan fingerprint density at radius 2 is 2.42 bits per heavy atom. The van der Waals surface area contributed by atoms with Crippen LogP contribution in [0.1, 0.15) is 23.7 Å². The van der Waals surface area contributed by atoms with E-state index < -0.39 is 0 Å². The van der Waals surface area contributed by atoms with Gasteiger partial charge in [-0.2, -0.15) is 5.26 Å². The van der Waals surface area contributed by atoms with Gasteiger partial charge >= 0.3 is 0 Å². The van der Waals surface area contributed by atoms with Crippen LogP contribution in [0.2, 0.25) is 0 Å². The van der Waals surface area contributed by atoms with Crippen molar-refractivity contribution >= 4 is 11.3 Å². The van der Waals surface area contributed by atoms with E-state index in [0.29, 0.717) is 12.3 Å². The van der Waals surface area contributed by atoms with E-state index in [-0.39, 0.29) is 0 Å². The molecule has 1 aromatic rings. The van der Waals surface area contributed by atoms with Crippen molar-refractivity contribution in [3.63, 3.8) is 0 Å². The summed E-state index contributed by atoms with van der Waals surface area (Å²) in [5, 5.41) is 9.59. The first-order chi connectivity index (χ1) is 5.72. The largest absolute Gasteiger partial charge is 0.249 e. The van der Waals surface area contributed by atoms with Crippen molar-refractivity contribution in [2.45, 2.75) is 26.7 Å². The van der Waals surface area contributed by atoms with Gasteiger partial charge in [0.2, 0.25) is 0 Å². The van der Waals surface area contributed by atoms with E-state index in [9.17, 15) is 0 Å². The Morgan fingerprint density at radius 3 is 3.00 bits per heavy atom. The predicted octanol–water partition coefficient (Wildman–Crippen LogP) is 2.41. The SMILES string of the molecule is CC(C)Cc1ncc(CC#N)s1. The molecule has 2 nitrogen and oxygen atoms in total. The third kappa shape index (κ3) is 2.63. The maximum absolute atomic E-state index is 8.44. The van der Waals surface area contributed by atoms with Crippen LogP contribution >= 0.6 is 11.3 Å². The molecular formula is C9H12N2S. The van der Waals surface area contributed by atoms with Crippen LogP contribution in [0.5, 0.6) is 0 Å². The lowest BCUT2D eigenvalue weighted by molar-refractivity contribution is 0.644. The first kappa shape index (κ1) is 9.21. The Balaban J connectivity index is 2.59. The molecule has 0 atom stereocenters. The van der Waals surface area contributed by atoms with Crippen LogP contribution < -0.4 is 0 Å². The van der Waals surface area contributed by atoms with Gasteiger partial charge in [-0.3, -0.25) is 0 Å². The standard InChI is InChI=1S/C9H12N2S/c1-7(2)5-9-11-6-8(12-9)3-4-10/h6-7H,3,5H2,1-2H3. The lowest BCUT2D eigenvalue weighted by Gasteiger charge is -1.97. The molecular weight excluding hydrogens is 168 g/mol. The molecule has 0 aliphatic heterocycles. The third-order valence-corrected chi connectivity index (χ3v) is 2.46. The van der Waals surface area contributed by atoms with Crippen molar-refractivity contribution in [3.05, 3.63) is 16.1 Å². The lowest BCUT2D eigenvalue weighted by Crippen LogP contribution is -1.91. The first-order valence-electron chi connectivity index (χ1n) is 4.03. The smallest absolute Gasteiger partial charge is 0.0930 e. The van der Waals surface area contributed by atoms with Crippen LogP contribution in [0.3, 0.4) is 0 Å². The highest BCUT2D eigenvalue weighted by atomic mass is 32.1. The number of rotatable bonds is 3. The summed E-state index contributed by atoms with van der Waals surface area (Å²) in [6.45, 7) is 4.34. The summed E-state index contributed by atoms with van der Waals surface area (Å²) in [5.74, 6) is 0.645. The molecule has 0 unspecified atom stereocenters. The first-order valence-corrected chi connectivity index (χ1v) is 4.84. The highest BCUT2D eigenvalue weighted by molar-refractivity contribution is 7.11. The van der Waals surface area contributed by atoms with Gasteiger partial charge in [0, 0.05) is 17.5 Å². The fourth-order valence-electron chi connectivity index (χ4n) is 0.951. The van der Waals surface area contributed by atoms with E-state index in [1.807, 2.05) is 6.20 Å². The van der Waals surface area contributed by atoms with Crippen molar-refractivity contribution in [1.82, 2.24) is 4.98 Å². The van der Waals surface area contributed by atoms with E-state index in [2.05, 4.69) is 24.9 Å². The van der Waals surface area contributed by atoms with Gasteiger partial charge in [-0.05, 0) is 5.92 Å². The van der Waals surface area contributed by atoms with E-state index >= 15 is 0 Å². The number of thiazole rings is 1. The van der Waals surface area contributed by atoms with Crippen LogP contribution in [-0.2, 0) is 12.8 Å². The molecule has 0 radical (unpaired) electrons. The Labute approximate surface area is 76.9 Å². The third-order valence-electron chi connectivity index (χ3n) is 1.44. The van der Waals surface area contributed by atoms with Crippen LogP contribution in [0.25, 0.3) is 0 Å². The summed E-state index contributed by atoms with van der Waals surface area (Å²) >= 11 is 1.65. The van der Waals surface area contributed by atoms with Gasteiger partial charge in [0.25, 0.3) is 0 Å². The molecule has 1 heterocycles. The topological polar surface area (TPSA) is 36.7 Å². The molecule has 1 aromatic heterocycles. The molecule has 0 fully saturated rings. The highest BCUT2D eigenvalue weighted by Gasteiger charge is 2.03. The minimum atomic E-state index is 0.496. The summed E-state index contributed by atoms with van der Waals surface area (Å²) in [7, 11) is 0. The molecule has 0 saturated carbocycles. The maximum atomic E-state index is 8.44. The Kier molecular flexibility index (Phi) is 3.24. The second kappa shape index (κ2) is 4.22. The second-order valence-corrected chi connectivity index (χ2v) is 4.35. The van der Waals surface area contributed by atoms with Crippen molar-refractivity contribution in [1.29, 1.82) is 5.26 Å². The normalized spacial score (nSPS) is 10.2. The van der Waals surface area contributed by atoms with Gasteiger partial charge in [0.1, 0.15) is 0 Å². The maximum Gasteiger partial charge on any atom is 0.0930 e. The fourth-order valence-corrected chi connectivity index (χ4v) is 2.02. The van der Waals surface area contributed by atoms with Gasteiger partial charge in [0.15, 0.2) is 0 Å². The zero-order chi connectivity index (χ0) is 8.97. The molecule has 64 valence electrons. The van der Waals surface area contributed by atoms with Crippen LogP contribution in [0, 0.1) is 17.2 Å². The molecule has 0 aliphatic carbocycles. The molecule has 0 aromatic carbocycles. The number of nitrogens with zero attached hydrogens (tertiary/aromatic N) is 2. The molecule has 12 heavy (non-hydrogen) atoms. The van der Waals surface area contributed by atoms with Crippen LogP contribution in [0.15, 0.2) is 6.20 Å². The molecule has 0 N–H and O–H groups in total. The second-order valence-electron chi connectivity index (χ2n) is 3.15. The van der Waals surface area contributed by atoms with Gasteiger partial charge < -0.3 is 0 Å². The lowest BCUT2D eigenvalue weighted by atomic mass is 10.1. The average Bonchev–Trinajstić information content (AvgIpc) is 2.36. The zero-order valence-corrected chi connectivity index (χ0v) is 8.19. The minimum Gasteiger partial charge on any atom is -0.249 e. The molecule has 0 amide bonds. The zero-order valence-electron chi connectivity index (χ0n) is 7.37. The molecule has 0 spiro atoms.